The molecule has 0 saturated carbocycles. The van der Waals surface area contributed by atoms with Crippen LogP contribution in [0.4, 0.5) is 5.69 Å². The highest BCUT2D eigenvalue weighted by Crippen LogP contribution is 2.21. The standard InChI is InChI=1S/C15H12ClN3O2S/c16-13-4-3-10(19-14(20)5-6-17)8-12(13)15(21)18-9-11-2-1-7-22-11/h1-4,7-8H,5,9H2,(H,18,21)(H,19,20). The molecule has 0 radical (unpaired) electrons. The van der Waals surface area contributed by atoms with E-state index in [0.717, 1.165) is 4.88 Å². The number of hydrogen-bond acceptors (Lipinski definition) is 4. The minimum Gasteiger partial charge on any atom is -0.347 e. The number of nitrogens with one attached hydrogen (secondary N) is 2. The maximum absolute atomic E-state index is 12.2. The minimum absolute atomic E-state index is 0.247. The van der Waals surface area contributed by atoms with Crippen molar-refractivity contribution in [1.82, 2.24) is 5.32 Å². The fourth-order valence-electron chi connectivity index (χ4n) is 1.73. The normalized spacial score (nSPS) is 9.82. The molecule has 2 aromatic rings. The van der Waals surface area contributed by atoms with Gasteiger partial charge in [-0.15, -0.1) is 11.3 Å². The van der Waals surface area contributed by atoms with E-state index < -0.39 is 5.91 Å². The molecule has 0 bridgehead atoms. The summed E-state index contributed by atoms with van der Waals surface area (Å²) in [4.78, 5) is 24.6. The molecule has 7 heteroatoms. The largest absolute Gasteiger partial charge is 0.347 e. The number of rotatable bonds is 5. The first-order valence-corrected chi connectivity index (χ1v) is 7.63. The van der Waals surface area contributed by atoms with Crippen LogP contribution in [-0.2, 0) is 11.3 Å². The van der Waals surface area contributed by atoms with Gasteiger partial charge in [0, 0.05) is 10.6 Å². The molecule has 112 valence electrons. The Morgan fingerprint density at radius 3 is 2.82 bits per heavy atom. The fraction of sp³-hybridized carbons (Fsp3) is 0.133. The van der Waals surface area contributed by atoms with Crippen LogP contribution in [0.15, 0.2) is 35.7 Å². The summed E-state index contributed by atoms with van der Waals surface area (Å²) < 4.78 is 0. The lowest BCUT2D eigenvalue weighted by Gasteiger charge is -2.09. The highest BCUT2D eigenvalue weighted by Gasteiger charge is 2.12. The van der Waals surface area contributed by atoms with Crippen LogP contribution in [0.5, 0.6) is 0 Å². The number of nitriles is 1. The molecule has 2 amide bonds. The topological polar surface area (TPSA) is 82.0 Å². The molecule has 1 aromatic carbocycles. The predicted octanol–water partition coefficient (Wildman–Crippen LogP) is 3.18. The molecule has 0 aliphatic heterocycles. The maximum Gasteiger partial charge on any atom is 0.253 e. The molecule has 0 saturated heterocycles. The van der Waals surface area contributed by atoms with Crippen LogP contribution < -0.4 is 10.6 Å². The van der Waals surface area contributed by atoms with Crippen molar-refractivity contribution in [3.63, 3.8) is 0 Å². The van der Waals surface area contributed by atoms with Crippen LogP contribution in [0.1, 0.15) is 21.7 Å². The van der Waals surface area contributed by atoms with Gasteiger partial charge in [0.25, 0.3) is 5.91 Å². The lowest BCUT2D eigenvalue weighted by Crippen LogP contribution is -2.23. The Bertz CT molecular complexity index is 723. The molecular weight excluding hydrogens is 322 g/mol. The number of thiophene rings is 1. The third-order valence-corrected chi connectivity index (χ3v) is 3.94. The van der Waals surface area contributed by atoms with Crippen molar-refractivity contribution >= 4 is 40.4 Å². The second-order valence-corrected chi connectivity index (χ2v) is 5.78. The maximum atomic E-state index is 12.2. The zero-order valence-corrected chi connectivity index (χ0v) is 13.0. The Hall–Kier alpha value is -2.36. The Morgan fingerprint density at radius 1 is 1.32 bits per heavy atom. The van der Waals surface area contributed by atoms with Crippen LogP contribution in [0.2, 0.25) is 5.02 Å². The van der Waals surface area contributed by atoms with E-state index in [1.165, 1.54) is 12.1 Å². The van der Waals surface area contributed by atoms with Crippen molar-refractivity contribution in [1.29, 1.82) is 5.26 Å². The van der Waals surface area contributed by atoms with Crippen molar-refractivity contribution in [2.75, 3.05) is 5.32 Å². The van der Waals surface area contributed by atoms with E-state index in [1.807, 2.05) is 17.5 Å². The molecule has 0 aliphatic carbocycles. The first-order valence-electron chi connectivity index (χ1n) is 6.37. The van der Waals surface area contributed by atoms with Crippen LogP contribution in [0.25, 0.3) is 0 Å². The summed E-state index contributed by atoms with van der Waals surface area (Å²) in [5, 5.41) is 16.0. The third kappa shape index (κ3) is 4.32. The van der Waals surface area contributed by atoms with Gasteiger partial charge in [-0.1, -0.05) is 17.7 Å². The van der Waals surface area contributed by atoms with E-state index in [4.69, 9.17) is 16.9 Å². The van der Waals surface area contributed by atoms with Gasteiger partial charge in [-0.2, -0.15) is 5.26 Å². The summed E-state index contributed by atoms with van der Waals surface area (Å²) in [5.74, 6) is -0.760. The molecular formula is C15H12ClN3O2S. The third-order valence-electron chi connectivity index (χ3n) is 2.74. The van der Waals surface area contributed by atoms with Gasteiger partial charge >= 0.3 is 0 Å². The Balaban J connectivity index is 2.07. The van der Waals surface area contributed by atoms with Crippen molar-refractivity contribution < 1.29 is 9.59 Å². The van der Waals surface area contributed by atoms with Gasteiger partial charge in [-0.25, -0.2) is 0 Å². The lowest BCUT2D eigenvalue weighted by molar-refractivity contribution is -0.115. The molecule has 0 spiro atoms. The van der Waals surface area contributed by atoms with E-state index in [9.17, 15) is 9.59 Å². The van der Waals surface area contributed by atoms with Crippen LogP contribution in [-0.4, -0.2) is 11.8 Å². The van der Waals surface area contributed by atoms with Crippen LogP contribution in [0.3, 0.4) is 0 Å². The van der Waals surface area contributed by atoms with Crippen LogP contribution in [0, 0.1) is 11.3 Å². The summed E-state index contributed by atoms with van der Waals surface area (Å²) in [5.41, 5.74) is 0.693. The molecule has 1 aromatic heterocycles. The molecule has 0 unspecified atom stereocenters. The Labute approximate surface area is 136 Å². The fourth-order valence-corrected chi connectivity index (χ4v) is 2.58. The number of amides is 2. The van der Waals surface area contributed by atoms with Crippen LogP contribution >= 0.6 is 22.9 Å². The second kappa shape index (κ2) is 7.59. The highest BCUT2D eigenvalue weighted by molar-refractivity contribution is 7.09. The van der Waals surface area contributed by atoms with Crippen molar-refractivity contribution in [2.45, 2.75) is 13.0 Å². The summed E-state index contributed by atoms with van der Waals surface area (Å²) in [6.07, 6.45) is -0.247. The molecule has 1 heterocycles. The number of carbonyl (C=O) groups is 2. The van der Waals surface area contributed by atoms with Gasteiger partial charge in [-0.3, -0.25) is 9.59 Å². The van der Waals surface area contributed by atoms with Crippen molar-refractivity contribution in [2.24, 2.45) is 0 Å². The molecule has 2 rings (SSSR count). The highest BCUT2D eigenvalue weighted by atomic mass is 35.5. The lowest BCUT2D eigenvalue weighted by atomic mass is 10.2. The van der Waals surface area contributed by atoms with Gasteiger partial charge in [0.2, 0.25) is 5.91 Å². The van der Waals surface area contributed by atoms with E-state index in [0.29, 0.717) is 17.3 Å². The second-order valence-electron chi connectivity index (χ2n) is 4.34. The Kier molecular flexibility index (Phi) is 5.53. The van der Waals surface area contributed by atoms with Gasteiger partial charge in [-0.05, 0) is 29.6 Å². The monoisotopic (exact) mass is 333 g/mol. The number of hydrogen-bond donors (Lipinski definition) is 2. The van der Waals surface area contributed by atoms with Gasteiger partial charge in [0.1, 0.15) is 6.42 Å². The van der Waals surface area contributed by atoms with Gasteiger partial charge in [0.05, 0.1) is 23.2 Å². The molecule has 5 nitrogen and oxygen atoms in total. The molecule has 0 atom stereocenters. The van der Waals surface area contributed by atoms with Gasteiger partial charge < -0.3 is 10.6 Å². The average molecular weight is 334 g/mol. The summed E-state index contributed by atoms with van der Waals surface area (Å²) >= 11 is 7.57. The molecule has 2 N–H and O–H groups in total. The van der Waals surface area contributed by atoms with Gasteiger partial charge in [0.15, 0.2) is 0 Å². The predicted molar refractivity (Wildman–Crippen MR) is 85.8 cm³/mol. The summed E-state index contributed by atoms with van der Waals surface area (Å²) in [6.45, 7) is 0.415. The van der Waals surface area contributed by atoms with E-state index in [2.05, 4.69) is 10.6 Å². The quantitative estimate of drug-likeness (QED) is 0.881. The number of nitrogens with zero attached hydrogens (tertiary/aromatic N) is 1. The van der Waals surface area contributed by atoms with E-state index in [1.54, 1.807) is 23.5 Å². The van der Waals surface area contributed by atoms with E-state index >= 15 is 0 Å². The minimum atomic E-state index is -0.435. The number of anilines is 1. The number of carbonyl (C=O) groups excluding carboxylic acids is 2. The van der Waals surface area contributed by atoms with Crippen molar-refractivity contribution in [3.8, 4) is 6.07 Å². The molecule has 0 fully saturated rings. The first kappa shape index (κ1) is 16.0. The Morgan fingerprint density at radius 2 is 2.14 bits per heavy atom. The van der Waals surface area contributed by atoms with E-state index in [-0.39, 0.29) is 17.9 Å². The average Bonchev–Trinajstić information content (AvgIpc) is 3.00. The number of halogens is 1. The zero-order chi connectivity index (χ0) is 15.9. The molecule has 0 aliphatic rings. The zero-order valence-electron chi connectivity index (χ0n) is 11.4. The SMILES string of the molecule is N#CCC(=O)Nc1ccc(Cl)c(C(=O)NCc2cccs2)c1. The van der Waals surface area contributed by atoms with Crippen molar-refractivity contribution in [3.05, 3.63) is 51.2 Å². The first-order chi connectivity index (χ1) is 10.6. The summed E-state index contributed by atoms with van der Waals surface area (Å²) in [6, 6.07) is 10.2. The summed E-state index contributed by atoms with van der Waals surface area (Å²) in [7, 11) is 0. The molecule has 22 heavy (non-hydrogen) atoms. The smallest absolute Gasteiger partial charge is 0.253 e. The number of benzene rings is 1.